The summed E-state index contributed by atoms with van der Waals surface area (Å²) in [5, 5.41) is 9.25. The smallest absolute Gasteiger partial charge is 0.240 e. The molecule has 1 aliphatic rings. The number of nitrogens with zero attached hydrogens (tertiary/aromatic N) is 5. The van der Waals surface area contributed by atoms with Gasteiger partial charge in [0.15, 0.2) is 0 Å². The number of aryl methyl sites for hydroxylation is 2. The number of benzene rings is 1. The van der Waals surface area contributed by atoms with Crippen molar-refractivity contribution in [2.75, 3.05) is 13.1 Å². The first-order valence-corrected chi connectivity index (χ1v) is 12.9. The molecule has 0 radical (unpaired) electrons. The molecule has 1 unspecified atom stereocenters. The normalized spacial score (nSPS) is 16.9. The molecule has 4 rings (SSSR count). The number of hydrogen-bond donors (Lipinski definition) is 0. The number of likely N-dealkylation sites (tertiary alicyclic amines) is 1. The zero-order valence-corrected chi connectivity index (χ0v) is 22.0. The van der Waals surface area contributed by atoms with Gasteiger partial charge in [-0.1, -0.05) is 60.9 Å². The summed E-state index contributed by atoms with van der Waals surface area (Å²) in [4.78, 5) is 18.3. The predicted octanol–water partition coefficient (Wildman–Crippen LogP) is 5.47. The third-order valence-electron chi connectivity index (χ3n) is 6.70. The van der Waals surface area contributed by atoms with Crippen molar-refractivity contribution in [1.82, 2.24) is 24.7 Å². The van der Waals surface area contributed by atoms with Crippen LogP contribution in [0, 0.1) is 12.8 Å². The third-order valence-corrected chi connectivity index (χ3v) is 7.18. The fraction of sp³-hybridized carbons (Fsp3) is 0.519. The fourth-order valence-electron chi connectivity index (χ4n) is 4.73. The van der Waals surface area contributed by atoms with Crippen molar-refractivity contribution in [2.24, 2.45) is 13.0 Å². The van der Waals surface area contributed by atoms with Crippen LogP contribution in [0.15, 0.2) is 40.9 Å². The van der Waals surface area contributed by atoms with Gasteiger partial charge in [-0.2, -0.15) is 5.10 Å². The Morgan fingerprint density at radius 3 is 2.69 bits per heavy atom. The van der Waals surface area contributed by atoms with Gasteiger partial charge in [0.1, 0.15) is 22.3 Å². The standard InChI is InChI=1S/C27H36ClN5O2/c1-19(2)13-15-32(17-21-10-6-5-7-11-21)24-12-8-9-14-33(27(24)34)18-22-25(29-31(4)26(22)28)23-16-20(3)35-30-23/h5-7,10-11,16,19,24H,8-9,12-15,17-18H2,1-4H3. The highest BCUT2D eigenvalue weighted by Crippen LogP contribution is 2.31. The first-order valence-electron chi connectivity index (χ1n) is 12.5. The molecule has 1 aliphatic heterocycles. The van der Waals surface area contributed by atoms with E-state index in [-0.39, 0.29) is 11.9 Å². The Hall–Kier alpha value is -2.64. The summed E-state index contributed by atoms with van der Waals surface area (Å²) < 4.78 is 6.92. The molecule has 0 spiro atoms. The number of rotatable bonds is 9. The first-order chi connectivity index (χ1) is 16.8. The Balaban J connectivity index is 1.60. The molecule has 8 heteroatoms. The van der Waals surface area contributed by atoms with E-state index in [9.17, 15) is 4.79 Å². The largest absolute Gasteiger partial charge is 0.361 e. The molecule has 35 heavy (non-hydrogen) atoms. The van der Waals surface area contributed by atoms with Crippen LogP contribution in [0.3, 0.4) is 0 Å². The van der Waals surface area contributed by atoms with Crippen LogP contribution in [0.5, 0.6) is 0 Å². The van der Waals surface area contributed by atoms with E-state index in [0.717, 1.165) is 44.3 Å². The molecule has 1 saturated heterocycles. The molecular formula is C27H36ClN5O2. The number of halogens is 1. The predicted molar refractivity (Wildman–Crippen MR) is 138 cm³/mol. The molecule has 1 fully saturated rings. The average Bonchev–Trinajstić information content (AvgIpc) is 3.32. The van der Waals surface area contributed by atoms with Crippen LogP contribution >= 0.6 is 11.6 Å². The topological polar surface area (TPSA) is 67.4 Å². The van der Waals surface area contributed by atoms with Gasteiger partial charge >= 0.3 is 0 Å². The van der Waals surface area contributed by atoms with Crippen LogP contribution in [-0.2, 0) is 24.9 Å². The second-order valence-electron chi connectivity index (χ2n) is 9.97. The molecule has 0 bridgehead atoms. The van der Waals surface area contributed by atoms with Gasteiger partial charge in [-0.25, -0.2) is 0 Å². The van der Waals surface area contributed by atoms with E-state index in [1.807, 2.05) is 31.0 Å². The van der Waals surface area contributed by atoms with Crippen LogP contribution < -0.4 is 0 Å². The minimum absolute atomic E-state index is 0.148. The summed E-state index contributed by atoms with van der Waals surface area (Å²) in [6, 6.07) is 12.1. The van der Waals surface area contributed by atoms with Crippen molar-refractivity contribution >= 4 is 17.5 Å². The SMILES string of the molecule is Cc1cc(-c2nn(C)c(Cl)c2CN2CCCCC(N(CCC(C)C)Cc3ccccc3)C2=O)no1. The minimum Gasteiger partial charge on any atom is -0.361 e. The van der Waals surface area contributed by atoms with Crippen LogP contribution in [0.25, 0.3) is 11.4 Å². The van der Waals surface area contributed by atoms with E-state index < -0.39 is 0 Å². The van der Waals surface area contributed by atoms with Crippen molar-refractivity contribution < 1.29 is 9.32 Å². The number of amides is 1. The third kappa shape index (κ3) is 6.14. The maximum absolute atomic E-state index is 14.0. The van der Waals surface area contributed by atoms with Crippen molar-refractivity contribution in [1.29, 1.82) is 0 Å². The van der Waals surface area contributed by atoms with E-state index >= 15 is 0 Å². The molecule has 1 amide bonds. The minimum atomic E-state index is -0.148. The first kappa shape index (κ1) is 25.5. The van der Waals surface area contributed by atoms with Crippen LogP contribution in [-0.4, -0.2) is 49.8 Å². The Bertz CT molecular complexity index is 1120. The molecule has 188 valence electrons. The van der Waals surface area contributed by atoms with E-state index in [4.69, 9.17) is 16.1 Å². The summed E-state index contributed by atoms with van der Waals surface area (Å²) in [6.45, 7) is 9.11. The van der Waals surface area contributed by atoms with Gasteiger partial charge in [-0.05, 0) is 50.6 Å². The van der Waals surface area contributed by atoms with Gasteiger partial charge in [0, 0.05) is 31.8 Å². The maximum atomic E-state index is 14.0. The van der Waals surface area contributed by atoms with Gasteiger partial charge in [0.2, 0.25) is 5.91 Å². The molecular weight excluding hydrogens is 462 g/mol. The van der Waals surface area contributed by atoms with Crippen molar-refractivity contribution in [3.05, 3.63) is 58.4 Å². The van der Waals surface area contributed by atoms with Gasteiger partial charge in [0.25, 0.3) is 0 Å². The molecule has 2 aromatic heterocycles. The molecule has 7 nitrogen and oxygen atoms in total. The molecule has 3 aromatic rings. The van der Waals surface area contributed by atoms with E-state index in [1.165, 1.54) is 5.56 Å². The van der Waals surface area contributed by atoms with Gasteiger partial charge in [-0.15, -0.1) is 0 Å². The molecule has 1 aromatic carbocycles. The van der Waals surface area contributed by atoms with Gasteiger partial charge in [-0.3, -0.25) is 14.4 Å². The van der Waals surface area contributed by atoms with Crippen molar-refractivity contribution in [2.45, 2.75) is 65.6 Å². The lowest BCUT2D eigenvalue weighted by Gasteiger charge is -2.33. The van der Waals surface area contributed by atoms with E-state index in [1.54, 1.807) is 4.68 Å². The summed E-state index contributed by atoms with van der Waals surface area (Å²) >= 11 is 6.66. The molecule has 0 N–H and O–H groups in total. The maximum Gasteiger partial charge on any atom is 0.240 e. The van der Waals surface area contributed by atoms with Crippen molar-refractivity contribution in [3.63, 3.8) is 0 Å². The summed E-state index contributed by atoms with van der Waals surface area (Å²) in [7, 11) is 1.81. The monoisotopic (exact) mass is 497 g/mol. The number of carbonyl (C=O) groups is 1. The molecule has 3 heterocycles. The second kappa shape index (κ2) is 11.4. The Labute approximate surface area is 213 Å². The highest BCUT2D eigenvalue weighted by atomic mass is 35.5. The Morgan fingerprint density at radius 2 is 2.00 bits per heavy atom. The zero-order valence-electron chi connectivity index (χ0n) is 21.2. The highest BCUT2D eigenvalue weighted by Gasteiger charge is 2.33. The van der Waals surface area contributed by atoms with E-state index in [0.29, 0.717) is 41.3 Å². The quantitative estimate of drug-likeness (QED) is 0.392. The second-order valence-corrected chi connectivity index (χ2v) is 10.3. The van der Waals surface area contributed by atoms with Crippen LogP contribution in [0.4, 0.5) is 0 Å². The number of aromatic nitrogens is 3. The average molecular weight is 498 g/mol. The van der Waals surface area contributed by atoms with E-state index in [2.05, 4.69) is 53.3 Å². The van der Waals surface area contributed by atoms with Crippen LogP contribution in [0.2, 0.25) is 5.15 Å². The lowest BCUT2D eigenvalue weighted by molar-refractivity contribution is -0.137. The Morgan fingerprint density at radius 1 is 1.23 bits per heavy atom. The van der Waals surface area contributed by atoms with Gasteiger partial charge < -0.3 is 9.42 Å². The molecule has 0 aliphatic carbocycles. The lowest BCUT2D eigenvalue weighted by atomic mass is 10.0. The summed E-state index contributed by atoms with van der Waals surface area (Å²) in [5.41, 5.74) is 3.36. The fourth-order valence-corrected chi connectivity index (χ4v) is 4.92. The molecule has 1 atom stereocenters. The summed E-state index contributed by atoms with van der Waals surface area (Å²) in [6.07, 6.45) is 3.93. The molecule has 0 saturated carbocycles. The summed E-state index contributed by atoms with van der Waals surface area (Å²) in [5.74, 6) is 1.46. The van der Waals surface area contributed by atoms with Crippen molar-refractivity contribution in [3.8, 4) is 11.4 Å². The highest BCUT2D eigenvalue weighted by molar-refractivity contribution is 6.30. The number of hydrogen-bond acceptors (Lipinski definition) is 5. The van der Waals surface area contributed by atoms with Gasteiger partial charge in [0.05, 0.1) is 12.6 Å². The number of carbonyl (C=O) groups excluding carboxylic acids is 1. The van der Waals surface area contributed by atoms with Crippen LogP contribution in [0.1, 0.15) is 56.4 Å². The Kier molecular flexibility index (Phi) is 8.29. The lowest BCUT2D eigenvalue weighted by Crippen LogP contribution is -2.47. The zero-order chi connectivity index (χ0) is 24.9.